The number of urea groups is 1. The summed E-state index contributed by atoms with van der Waals surface area (Å²) >= 11 is 0. The van der Waals surface area contributed by atoms with Gasteiger partial charge in [0.15, 0.2) is 6.04 Å². The van der Waals surface area contributed by atoms with Crippen molar-refractivity contribution in [3.05, 3.63) is 53.7 Å². The van der Waals surface area contributed by atoms with E-state index in [0.29, 0.717) is 17.2 Å². The Bertz CT molecular complexity index is 1320. The summed E-state index contributed by atoms with van der Waals surface area (Å²) in [6, 6.07) is 8.45. The van der Waals surface area contributed by atoms with E-state index in [2.05, 4.69) is 10.3 Å². The van der Waals surface area contributed by atoms with E-state index in [1.165, 1.54) is 17.5 Å². The molecule has 1 saturated carbocycles. The number of rotatable bonds is 9. The van der Waals surface area contributed by atoms with Gasteiger partial charge in [-0.25, -0.2) is 24.3 Å². The molecule has 2 N–H and O–H groups in total. The van der Waals surface area contributed by atoms with Crippen LogP contribution in [0.25, 0.3) is 0 Å². The van der Waals surface area contributed by atoms with Crippen LogP contribution in [0, 0.1) is 11.8 Å². The van der Waals surface area contributed by atoms with E-state index in [1.54, 1.807) is 52.1 Å². The average Bonchev–Trinajstić information content (AvgIpc) is 2.96. The Balaban J connectivity index is 1.50. The van der Waals surface area contributed by atoms with E-state index in [9.17, 15) is 24.3 Å². The van der Waals surface area contributed by atoms with Crippen molar-refractivity contribution in [2.45, 2.75) is 90.4 Å². The van der Waals surface area contributed by atoms with Gasteiger partial charge in [-0.05, 0) is 88.3 Å². The number of amides is 4. The van der Waals surface area contributed by atoms with E-state index in [4.69, 9.17) is 9.47 Å². The third kappa shape index (κ3) is 7.82. The van der Waals surface area contributed by atoms with Crippen LogP contribution in [0.1, 0.15) is 70.9 Å². The maximum absolute atomic E-state index is 13.3. The highest BCUT2D eigenvalue weighted by molar-refractivity contribution is 6.07. The highest BCUT2D eigenvalue weighted by Gasteiger charge is 2.55. The molecule has 0 unspecified atom stereocenters. The van der Waals surface area contributed by atoms with Crippen LogP contribution >= 0.6 is 0 Å². The topological polar surface area (TPSA) is 138 Å². The number of aliphatic carboxylic acids is 1. The van der Waals surface area contributed by atoms with Gasteiger partial charge in [0, 0.05) is 12.2 Å². The highest BCUT2D eigenvalue weighted by Crippen LogP contribution is 2.33. The Morgan fingerprint density at radius 1 is 1.09 bits per heavy atom. The lowest BCUT2D eigenvalue weighted by molar-refractivity contribution is -0.165. The normalized spacial score (nSPS) is 19.7. The first kappa shape index (κ1) is 31.8. The monoisotopic (exact) mass is 594 g/mol. The number of hydrogen-bond donors (Lipinski definition) is 2. The summed E-state index contributed by atoms with van der Waals surface area (Å²) in [5.41, 5.74) is 0.662. The van der Waals surface area contributed by atoms with Crippen molar-refractivity contribution in [2.75, 3.05) is 12.0 Å². The number of benzene rings is 1. The van der Waals surface area contributed by atoms with Crippen LogP contribution < -0.4 is 15.0 Å². The van der Waals surface area contributed by atoms with Crippen LogP contribution in [0.3, 0.4) is 0 Å². The number of imide groups is 1. The molecule has 232 valence electrons. The first-order valence-corrected chi connectivity index (χ1v) is 14.8. The molecule has 11 nitrogen and oxygen atoms in total. The van der Waals surface area contributed by atoms with E-state index < -0.39 is 41.6 Å². The highest BCUT2D eigenvalue weighted by atomic mass is 16.6. The molecule has 3 atom stereocenters. The molecule has 0 radical (unpaired) electrons. The van der Waals surface area contributed by atoms with Crippen molar-refractivity contribution in [2.24, 2.45) is 11.8 Å². The van der Waals surface area contributed by atoms with Gasteiger partial charge in [-0.2, -0.15) is 0 Å². The van der Waals surface area contributed by atoms with Gasteiger partial charge in [-0.1, -0.05) is 31.4 Å². The minimum absolute atomic E-state index is 0.0674. The number of carbonyl (C=O) groups is 4. The Morgan fingerprint density at radius 2 is 1.77 bits per heavy atom. The molecule has 1 aliphatic heterocycles. The predicted molar refractivity (Wildman–Crippen MR) is 160 cm³/mol. The SMILES string of the molecule is COc1ccc(CN(C(=O)OC(C)(C)C)c2cc(C[C@@H]3C(=O)N(C(=O)N[C@H](C)C4CCCCC4)[C@@H]3C(=O)O)ccn2)cc1. The predicted octanol–water partition coefficient (Wildman–Crippen LogP) is 5.16. The molecule has 2 aromatic rings. The molecule has 43 heavy (non-hydrogen) atoms. The van der Waals surface area contributed by atoms with Crippen molar-refractivity contribution < 1.29 is 33.8 Å². The Kier molecular flexibility index (Phi) is 9.93. The largest absolute Gasteiger partial charge is 0.497 e. The van der Waals surface area contributed by atoms with E-state index in [1.807, 2.05) is 19.1 Å². The molecule has 11 heteroatoms. The molecule has 1 saturated heterocycles. The number of hydrogen-bond acceptors (Lipinski definition) is 7. The first-order chi connectivity index (χ1) is 20.4. The van der Waals surface area contributed by atoms with Crippen LogP contribution in [0.5, 0.6) is 5.75 Å². The second-order valence-electron chi connectivity index (χ2n) is 12.4. The summed E-state index contributed by atoms with van der Waals surface area (Å²) in [5.74, 6) is -1.43. The number of carboxylic acids is 1. The molecule has 1 aromatic heterocycles. The van der Waals surface area contributed by atoms with Gasteiger partial charge >= 0.3 is 18.1 Å². The quantitative estimate of drug-likeness (QED) is 0.380. The van der Waals surface area contributed by atoms with E-state index in [0.717, 1.165) is 36.1 Å². The fourth-order valence-electron chi connectivity index (χ4n) is 5.73. The maximum atomic E-state index is 13.3. The van der Waals surface area contributed by atoms with Gasteiger partial charge in [0.05, 0.1) is 19.6 Å². The second-order valence-corrected chi connectivity index (χ2v) is 12.4. The summed E-state index contributed by atoms with van der Waals surface area (Å²) in [7, 11) is 1.57. The second kappa shape index (κ2) is 13.4. The smallest absolute Gasteiger partial charge is 0.416 e. The van der Waals surface area contributed by atoms with Crippen LogP contribution in [0.15, 0.2) is 42.6 Å². The van der Waals surface area contributed by atoms with Gasteiger partial charge in [0.2, 0.25) is 5.91 Å². The van der Waals surface area contributed by atoms with E-state index in [-0.39, 0.29) is 24.8 Å². The molecular weight excluding hydrogens is 552 g/mol. The number of β-lactam (4-membered cyclic amide) rings is 1. The number of nitrogens with zero attached hydrogens (tertiary/aromatic N) is 3. The van der Waals surface area contributed by atoms with Gasteiger partial charge < -0.3 is 19.9 Å². The number of anilines is 1. The number of likely N-dealkylation sites (tertiary alicyclic amines) is 1. The number of pyridine rings is 1. The molecule has 2 heterocycles. The maximum Gasteiger partial charge on any atom is 0.416 e. The third-order valence-electron chi connectivity index (χ3n) is 8.05. The fourth-order valence-corrected chi connectivity index (χ4v) is 5.73. The summed E-state index contributed by atoms with van der Waals surface area (Å²) in [4.78, 5) is 58.2. The summed E-state index contributed by atoms with van der Waals surface area (Å²) in [6.07, 6.45) is 6.36. The number of nitrogens with one attached hydrogen (secondary N) is 1. The van der Waals surface area contributed by atoms with Crippen LogP contribution in [-0.2, 0) is 27.3 Å². The van der Waals surface area contributed by atoms with Crippen molar-refractivity contribution >= 4 is 29.8 Å². The lowest BCUT2D eigenvalue weighted by Gasteiger charge is -2.43. The number of ether oxygens (including phenoxy) is 2. The summed E-state index contributed by atoms with van der Waals surface area (Å²) < 4.78 is 10.9. The third-order valence-corrected chi connectivity index (χ3v) is 8.05. The molecule has 1 aromatic carbocycles. The molecule has 0 bridgehead atoms. The van der Waals surface area contributed by atoms with Crippen LogP contribution in [0.2, 0.25) is 0 Å². The van der Waals surface area contributed by atoms with Crippen molar-refractivity contribution in [3.63, 3.8) is 0 Å². The molecule has 0 spiro atoms. The zero-order chi connectivity index (χ0) is 31.3. The van der Waals surface area contributed by atoms with Crippen molar-refractivity contribution in [1.82, 2.24) is 15.2 Å². The average molecular weight is 595 g/mol. The standard InChI is InChI=1S/C32H42N4O7/c1-20(23-9-7-6-8-10-23)34-30(40)36-27(29(38)39)25(28(36)37)17-22-15-16-33-26(18-22)35(31(41)43-32(2,3)4)19-21-11-13-24(42-5)14-12-21/h11-16,18,20,23,25,27H,6-10,17,19H2,1-5H3,(H,34,40)(H,38,39)/t20-,25+,27+/m1/s1. The first-order valence-electron chi connectivity index (χ1n) is 14.8. The molecule has 4 amide bonds. The Hall–Kier alpha value is -4.15. The van der Waals surface area contributed by atoms with Gasteiger partial charge in [0.1, 0.15) is 17.2 Å². The summed E-state index contributed by atoms with van der Waals surface area (Å²) in [6.45, 7) is 7.37. The van der Waals surface area contributed by atoms with Crippen LogP contribution in [0.4, 0.5) is 15.4 Å². The molecule has 2 aliphatic rings. The Morgan fingerprint density at radius 3 is 2.37 bits per heavy atom. The molecule has 2 fully saturated rings. The molecule has 4 rings (SSSR count). The number of carboxylic acid groups (broad SMARTS) is 1. The molecular formula is C32H42N4O7. The van der Waals surface area contributed by atoms with Gasteiger partial charge in [-0.3, -0.25) is 9.69 Å². The van der Waals surface area contributed by atoms with Gasteiger partial charge in [0.25, 0.3) is 0 Å². The van der Waals surface area contributed by atoms with Crippen molar-refractivity contribution in [1.29, 1.82) is 0 Å². The van der Waals surface area contributed by atoms with E-state index >= 15 is 0 Å². The summed E-state index contributed by atoms with van der Waals surface area (Å²) in [5, 5.41) is 12.8. The lowest BCUT2D eigenvalue weighted by Crippen LogP contribution is -2.69. The lowest BCUT2D eigenvalue weighted by atomic mass is 9.82. The molecule has 1 aliphatic carbocycles. The minimum atomic E-state index is -1.29. The fraction of sp³-hybridized carbons (Fsp3) is 0.531. The Labute approximate surface area is 252 Å². The minimum Gasteiger partial charge on any atom is -0.497 e. The number of aromatic nitrogens is 1. The number of carbonyl (C=O) groups excluding carboxylic acids is 3. The zero-order valence-electron chi connectivity index (χ0n) is 25.5. The van der Waals surface area contributed by atoms with Gasteiger partial charge in [-0.15, -0.1) is 0 Å². The number of methoxy groups -OCH3 is 1. The van der Waals surface area contributed by atoms with Crippen molar-refractivity contribution in [3.8, 4) is 5.75 Å². The van der Waals surface area contributed by atoms with Crippen LogP contribution in [-0.4, -0.2) is 63.8 Å². The zero-order valence-corrected chi connectivity index (χ0v) is 25.5.